The number of hydrogen-bond acceptors (Lipinski definition) is 3. The first kappa shape index (κ1) is 11.3. The van der Waals surface area contributed by atoms with Crippen molar-refractivity contribution in [2.24, 2.45) is 17.3 Å². The molecular weight excluding hydrogens is 277 g/mol. The summed E-state index contributed by atoms with van der Waals surface area (Å²) in [5.41, 5.74) is 2.02. The maximum atomic E-state index is 10.5. The molecular formula is C19H26O3. The van der Waals surface area contributed by atoms with E-state index >= 15 is 0 Å². The zero-order valence-electron chi connectivity index (χ0n) is 16.0. The van der Waals surface area contributed by atoms with Crippen molar-refractivity contribution in [3.8, 4) is 11.5 Å². The number of benzene rings is 1. The topological polar surface area (TPSA) is 49.7 Å². The molecule has 0 aromatic heterocycles. The van der Waals surface area contributed by atoms with Gasteiger partial charge in [0.1, 0.15) is 0 Å². The molecule has 0 unspecified atom stereocenters. The molecule has 3 aliphatic carbocycles. The van der Waals surface area contributed by atoms with Gasteiger partial charge in [0.2, 0.25) is 0 Å². The number of phenolic OH excluding ortho intramolecular Hbond substituents is 1. The zero-order valence-corrected chi connectivity index (χ0v) is 13.0. The van der Waals surface area contributed by atoms with Crippen LogP contribution in [0.3, 0.4) is 0 Å². The van der Waals surface area contributed by atoms with Gasteiger partial charge in [0.05, 0.1) is 17.3 Å². The summed E-state index contributed by atoms with van der Waals surface area (Å²) in [5.74, 6) is 1.46. The van der Waals surface area contributed by atoms with Gasteiger partial charge in [0.15, 0.2) is 11.5 Å². The minimum atomic E-state index is -2.57. The summed E-state index contributed by atoms with van der Waals surface area (Å²) in [6, 6.07) is 3.52. The average Bonchev–Trinajstić information content (AvgIpc) is 2.84. The summed E-state index contributed by atoms with van der Waals surface area (Å²) < 4.78 is 27.3. The van der Waals surface area contributed by atoms with Gasteiger partial charge in [-0.1, -0.05) is 13.0 Å². The highest BCUT2D eigenvalue weighted by molar-refractivity contribution is 5.52. The van der Waals surface area contributed by atoms with Crippen LogP contribution in [0.15, 0.2) is 12.1 Å². The number of phenols is 1. The molecule has 2 saturated carbocycles. The first-order valence-corrected chi connectivity index (χ1v) is 8.42. The average molecular weight is 306 g/mol. The number of hydrogen-bond donors (Lipinski definition) is 2. The first-order valence-electron chi connectivity index (χ1n) is 9.92. The van der Waals surface area contributed by atoms with Gasteiger partial charge in [-0.3, -0.25) is 0 Å². The van der Waals surface area contributed by atoms with E-state index in [0.717, 1.165) is 49.7 Å². The molecule has 3 heteroatoms. The Hall–Kier alpha value is -1.22. The minimum Gasteiger partial charge on any atom is -0.504 e. The van der Waals surface area contributed by atoms with Crippen molar-refractivity contribution in [3.05, 3.63) is 23.3 Å². The summed E-state index contributed by atoms with van der Waals surface area (Å²) in [6.07, 6.45) is 5.44. The molecule has 0 saturated heterocycles. The van der Waals surface area contributed by atoms with Gasteiger partial charge in [-0.15, -0.1) is 0 Å². The second-order valence-corrected chi connectivity index (χ2v) is 7.64. The molecule has 0 amide bonds. The van der Waals surface area contributed by atoms with Gasteiger partial charge in [-0.25, -0.2) is 0 Å². The van der Waals surface area contributed by atoms with E-state index in [4.69, 9.17) is 8.85 Å². The van der Waals surface area contributed by atoms with Crippen LogP contribution in [0.4, 0.5) is 0 Å². The smallest absolute Gasteiger partial charge is 0.163 e. The second-order valence-electron chi connectivity index (χ2n) is 7.64. The van der Waals surface area contributed by atoms with Crippen LogP contribution in [0.1, 0.15) is 60.2 Å². The first-order chi connectivity index (χ1) is 11.7. The number of aromatic hydroxyl groups is 1. The molecule has 1 aromatic rings. The van der Waals surface area contributed by atoms with Crippen LogP contribution in [0.5, 0.6) is 11.5 Å². The largest absolute Gasteiger partial charge is 0.504 e. The van der Waals surface area contributed by atoms with E-state index in [1.807, 2.05) is 6.07 Å². The van der Waals surface area contributed by atoms with Gasteiger partial charge in [0.25, 0.3) is 0 Å². The predicted octanol–water partition coefficient (Wildman–Crippen LogP) is 3.62. The Morgan fingerprint density at radius 1 is 1.27 bits per heavy atom. The van der Waals surface area contributed by atoms with Crippen LogP contribution < -0.4 is 4.74 Å². The SMILES string of the molecule is [2H][13C]([2H])([2H])Oc1c(O)ccc2c1CC[C@@H]1[C@@H]2CC[C@]2(C)[C@@H](O)CC[C@@H]12. The van der Waals surface area contributed by atoms with Crippen molar-refractivity contribution in [1.82, 2.24) is 0 Å². The Kier molecular flexibility index (Phi) is 2.52. The molecule has 0 aliphatic heterocycles. The molecule has 3 nitrogen and oxygen atoms in total. The van der Waals surface area contributed by atoms with Crippen molar-refractivity contribution in [3.63, 3.8) is 0 Å². The molecule has 0 heterocycles. The van der Waals surface area contributed by atoms with Crippen molar-refractivity contribution >= 4 is 0 Å². The minimum absolute atomic E-state index is 0.0214. The number of ether oxygens (including phenoxy) is 1. The maximum absolute atomic E-state index is 10.5. The van der Waals surface area contributed by atoms with Gasteiger partial charge in [-0.2, -0.15) is 0 Å². The lowest BCUT2D eigenvalue weighted by Crippen LogP contribution is -2.43. The van der Waals surface area contributed by atoms with Crippen molar-refractivity contribution < 1.29 is 19.1 Å². The van der Waals surface area contributed by atoms with Crippen molar-refractivity contribution in [2.75, 3.05) is 7.04 Å². The lowest BCUT2D eigenvalue weighted by molar-refractivity contribution is -0.0227. The summed E-state index contributed by atoms with van der Waals surface area (Å²) in [7, 11) is -2.57. The van der Waals surface area contributed by atoms with E-state index in [0.29, 0.717) is 17.8 Å². The maximum Gasteiger partial charge on any atom is 0.163 e. The summed E-state index contributed by atoms with van der Waals surface area (Å²) in [6.45, 7) is 2.24. The van der Waals surface area contributed by atoms with Crippen LogP contribution in [0, 0.1) is 17.3 Å². The monoisotopic (exact) mass is 306 g/mol. The molecule has 22 heavy (non-hydrogen) atoms. The predicted molar refractivity (Wildman–Crippen MR) is 85.3 cm³/mol. The van der Waals surface area contributed by atoms with Crippen molar-refractivity contribution in [2.45, 2.75) is 57.5 Å². The van der Waals surface area contributed by atoms with E-state index in [1.165, 1.54) is 0 Å². The molecule has 4 rings (SSSR count). The van der Waals surface area contributed by atoms with E-state index in [2.05, 4.69) is 6.92 Å². The Morgan fingerprint density at radius 2 is 2.14 bits per heavy atom. The van der Waals surface area contributed by atoms with Gasteiger partial charge >= 0.3 is 0 Å². The number of aliphatic hydroxyl groups is 1. The fourth-order valence-electron chi connectivity index (χ4n) is 5.71. The van der Waals surface area contributed by atoms with E-state index in [1.54, 1.807) is 6.07 Å². The third-order valence-electron chi connectivity index (χ3n) is 6.89. The molecule has 2 fully saturated rings. The molecule has 2 N–H and O–H groups in total. The van der Waals surface area contributed by atoms with Crippen LogP contribution >= 0.6 is 0 Å². The Labute approximate surface area is 136 Å². The van der Waals surface area contributed by atoms with Gasteiger partial charge < -0.3 is 14.9 Å². The number of rotatable bonds is 1. The fraction of sp³-hybridized carbons (Fsp3) is 0.684. The lowest BCUT2D eigenvalue weighted by Gasteiger charge is -2.50. The molecule has 3 aliphatic rings. The van der Waals surface area contributed by atoms with Gasteiger partial charge in [-0.05, 0) is 73.3 Å². The molecule has 0 radical (unpaired) electrons. The highest BCUT2D eigenvalue weighted by atomic mass is 16.5. The number of methoxy groups -OCH3 is 1. The van der Waals surface area contributed by atoms with Gasteiger partial charge in [0, 0.05) is 5.56 Å². The molecule has 0 spiro atoms. The second kappa shape index (κ2) is 4.89. The van der Waals surface area contributed by atoms with Crippen molar-refractivity contribution in [1.29, 1.82) is 0 Å². The van der Waals surface area contributed by atoms with Crippen LogP contribution in [0.25, 0.3) is 0 Å². The molecule has 120 valence electrons. The van der Waals surface area contributed by atoms with Crippen LogP contribution in [-0.4, -0.2) is 23.4 Å². The highest BCUT2D eigenvalue weighted by Crippen LogP contribution is 2.61. The Balaban J connectivity index is 1.71. The molecule has 5 atom stereocenters. The summed E-state index contributed by atoms with van der Waals surface area (Å²) in [5, 5.41) is 20.6. The van der Waals surface area contributed by atoms with E-state index in [-0.39, 0.29) is 23.0 Å². The normalized spacial score (nSPS) is 42.4. The van der Waals surface area contributed by atoms with Crippen LogP contribution in [0.2, 0.25) is 0 Å². The summed E-state index contributed by atoms with van der Waals surface area (Å²) >= 11 is 0. The number of fused-ring (bicyclic) bond motifs is 5. The van der Waals surface area contributed by atoms with E-state index < -0.39 is 7.04 Å². The number of aliphatic hydroxyl groups excluding tert-OH is 1. The quantitative estimate of drug-likeness (QED) is 0.779. The van der Waals surface area contributed by atoms with E-state index in [9.17, 15) is 10.2 Å². The molecule has 0 bridgehead atoms. The summed E-state index contributed by atoms with van der Waals surface area (Å²) in [4.78, 5) is 0. The highest BCUT2D eigenvalue weighted by Gasteiger charge is 2.54. The Bertz CT molecular complexity index is 687. The standard InChI is InChI=1S/C19H26O3/c1-19-10-9-12-11-5-7-16(20)18(22-2)14(11)4-3-13(12)15(19)6-8-17(19)21/h5,7,12-13,15,17,20-21H,3-4,6,8-10H2,1-2H3/t12-,13-,15+,17+,19+/m1/s1/i2+1D3. The molecule has 1 aromatic carbocycles. The third-order valence-corrected chi connectivity index (χ3v) is 6.89. The zero-order chi connectivity index (χ0) is 18.0. The lowest BCUT2D eigenvalue weighted by atomic mass is 9.55. The fourth-order valence-corrected chi connectivity index (χ4v) is 5.71. The Morgan fingerprint density at radius 3 is 2.95 bits per heavy atom. The van der Waals surface area contributed by atoms with Crippen LogP contribution in [-0.2, 0) is 6.42 Å². The third kappa shape index (κ3) is 1.78.